The molecule has 1 amide bonds. The quantitative estimate of drug-likeness (QED) is 0.383. The number of carbonyl (C=O) groups is 1. The molecule has 9 heteroatoms. The van der Waals surface area contributed by atoms with Crippen LogP contribution >= 0.6 is 15.9 Å². The Kier molecular flexibility index (Phi) is 6.69. The highest BCUT2D eigenvalue weighted by Crippen LogP contribution is 2.35. The SMILES string of the molecule is CCNCC(=O)Nc1ccc(-c2nc(=O)n(CCOC)c3c2oc2cc(Br)ccc23)cc1. The lowest BCUT2D eigenvalue weighted by Gasteiger charge is -2.10. The summed E-state index contributed by atoms with van der Waals surface area (Å²) in [6.45, 7) is 3.64. The topological polar surface area (TPSA) is 98.4 Å². The highest BCUT2D eigenvalue weighted by atomic mass is 79.9. The molecule has 0 unspecified atom stereocenters. The van der Waals surface area contributed by atoms with Crippen LogP contribution in [-0.4, -0.2) is 42.3 Å². The van der Waals surface area contributed by atoms with Crippen LogP contribution in [0.1, 0.15) is 6.92 Å². The van der Waals surface area contributed by atoms with E-state index in [4.69, 9.17) is 9.15 Å². The van der Waals surface area contributed by atoms with Crippen LogP contribution in [0.3, 0.4) is 0 Å². The fraction of sp³-hybridized carbons (Fsp3) is 0.261. The lowest BCUT2D eigenvalue weighted by Crippen LogP contribution is -2.27. The molecule has 166 valence electrons. The van der Waals surface area contributed by atoms with Crippen molar-refractivity contribution in [3.05, 3.63) is 57.4 Å². The van der Waals surface area contributed by atoms with Gasteiger partial charge in [0.05, 0.1) is 19.7 Å². The molecule has 0 aliphatic heterocycles. The Bertz CT molecular complexity index is 1330. The summed E-state index contributed by atoms with van der Waals surface area (Å²) < 4.78 is 13.8. The minimum Gasteiger partial charge on any atom is -0.452 e. The molecule has 2 heterocycles. The smallest absolute Gasteiger partial charge is 0.348 e. The van der Waals surface area contributed by atoms with E-state index in [1.54, 1.807) is 23.8 Å². The van der Waals surface area contributed by atoms with E-state index in [0.717, 1.165) is 16.4 Å². The van der Waals surface area contributed by atoms with Gasteiger partial charge in [-0.05, 0) is 36.9 Å². The van der Waals surface area contributed by atoms with E-state index in [-0.39, 0.29) is 18.1 Å². The Morgan fingerprint density at radius 1 is 1.22 bits per heavy atom. The Balaban J connectivity index is 1.80. The molecular formula is C23H23BrN4O4. The van der Waals surface area contributed by atoms with Crippen molar-refractivity contribution in [2.75, 3.05) is 32.1 Å². The van der Waals surface area contributed by atoms with Crippen molar-refractivity contribution in [1.82, 2.24) is 14.9 Å². The third kappa shape index (κ3) is 4.45. The molecule has 0 radical (unpaired) electrons. The predicted octanol–water partition coefficient (Wildman–Crippen LogP) is 3.77. The average molecular weight is 499 g/mol. The molecule has 0 atom stereocenters. The number of halogens is 1. The number of aromatic nitrogens is 2. The second kappa shape index (κ2) is 9.64. The van der Waals surface area contributed by atoms with Crippen molar-refractivity contribution in [2.45, 2.75) is 13.5 Å². The van der Waals surface area contributed by atoms with E-state index in [1.165, 1.54) is 0 Å². The standard InChI is InChI=1S/C23H23BrN4O4/c1-3-25-13-19(29)26-16-7-4-14(5-8-16)20-22-21(28(10-11-31-2)23(30)27-20)17-9-6-15(24)12-18(17)32-22/h4-9,12,25H,3,10-11,13H2,1-2H3,(H,26,29). The summed E-state index contributed by atoms with van der Waals surface area (Å²) in [5, 5.41) is 6.64. The van der Waals surface area contributed by atoms with E-state index in [0.29, 0.717) is 46.8 Å². The maximum Gasteiger partial charge on any atom is 0.348 e. The van der Waals surface area contributed by atoms with E-state index < -0.39 is 0 Å². The van der Waals surface area contributed by atoms with Gasteiger partial charge >= 0.3 is 5.69 Å². The molecule has 0 saturated heterocycles. The van der Waals surface area contributed by atoms with Crippen molar-refractivity contribution in [1.29, 1.82) is 0 Å². The van der Waals surface area contributed by atoms with Gasteiger partial charge in [0.25, 0.3) is 0 Å². The number of fused-ring (bicyclic) bond motifs is 3. The van der Waals surface area contributed by atoms with Gasteiger partial charge in [-0.3, -0.25) is 9.36 Å². The number of likely N-dealkylation sites (N-methyl/N-ethyl adjacent to an activating group) is 1. The normalized spacial score (nSPS) is 11.3. The van der Waals surface area contributed by atoms with Crippen LogP contribution in [-0.2, 0) is 16.1 Å². The maximum atomic E-state index is 12.9. The third-order valence-electron chi connectivity index (χ3n) is 5.05. The molecule has 8 nitrogen and oxygen atoms in total. The van der Waals surface area contributed by atoms with Crippen molar-refractivity contribution in [3.8, 4) is 11.3 Å². The monoisotopic (exact) mass is 498 g/mol. The summed E-state index contributed by atoms with van der Waals surface area (Å²) in [5.74, 6) is -0.122. The number of anilines is 1. The first-order valence-electron chi connectivity index (χ1n) is 10.2. The summed E-state index contributed by atoms with van der Waals surface area (Å²) in [6, 6.07) is 12.9. The summed E-state index contributed by atoms with van der Waals surface area (Å²) in [4.78, 5) is 29.2. The lowest BCUT2D eigenvalue weighted by atomic mass is 10.1. The van der Waals surface area contributed by atoms with Crippen LogP contribution in [0.15, 0.2) is 56.1 Å². The van der Waals surface area contributed by atoms with Gasteiger partial charge in [0.2, 0.25) is 5.91 Å². The molecule has 0 bridgehead atoms. The van der Waals surface area contributed by atoms with Crippen molar-refractivity contribution < 1.29 is 13.9 Å². The number of benzene rings is 2. The maximum absolute atomic E-state index is 12.9. The van der Waals surface area contributed by atoms with E-state index in [1.807, 2.05) is 37.3 Å². The molecule has 4 rings (SSSR count). The molecular weight excluding hydrogens is 476 g/mol. The van der Waals surface area contributed by atoms with Crippen molar-refractivity contribution in [3.63, 3.8) is 0 Å². The summed E-state index contributed by atoms with van der Waals surface area (Å²) >= 11 is 3.47. The minimum absolute atomic E-state index is 0.122. The zero-order chi connectivity index (χ0) is 22.7. The Labute approximate surface area is 192 Å². The van der Waals surface area contributed by atoms with Crippen LogP contribution < -0.4 is 16.3 Å². The number of methoxy groups -OCH3 is 1. The van der Waals surface area contributed by atoms with Crippen LogP contribution in [0.2, 0.25) is 0 Å². The van der Waals surface area contributed by atoms with E-state index in [2.05, 4.69) is 31.5 Å². The van der Waals surface area contributed by atoms with Crippen LogP contribution in [0, 0.1) is 0 Å². The Morgan fingerprint density at radius 3 is 2.72 bits per heavy atom. The molecule has 2 N–H and O–H groups in total. The fourth-order valence-corrected chi connectivity index (χ4v) is 3.87. The number of hydrogen-bond acceptors (Lipinski definition) is 6. The second-order valence-electron chi connectivity index (χ2n) is 7.21. The number of furan rings is 1. The van der Waals surface area contributed by atoms with Crippen molar-refractivity contribution >= 4 is 49.6 Å². The van der Waals surface area contributed by atoms with Gasteiger partial charge in [-0.2, -0.15) is 4.98 Å². The largest absolute Gasteiger partial charge is 0.452 e. The number of amides is 1. The number of carbonyl (C=O) groups excluding carboxylic acids is 1. The average Bonchev–Trinajstić information content (AvgIpc) is 3.15. The van der Waals surface area contributed by atoms with Gasteiger partial charge < -0.3 is 19.8 Å². The summed E-state index contributed by atoms with van der Waals surface area (Å²) in [6.07, 6.45) is 0. The van der Waals surface area contributed by atoms with Crippen molar-refractivity contribution in [2.24, 2.45) is 0 Å². The summed E-state index contributed by atoms with van der Waals surface area (Å²) in [5.41, 5.74) is 3.32. The molecule has 0 fully saturated rings. The first-order valence-corrected chi connectivity index (χ1v) is 11.0. The second-order valence-corrected chi connectivity index (χ2v) is 8.13. The number of rotatable bonds is 8. The Hall–Kier alpha value is -3.01. The first-order chi connectivity index (χ1) is 15.5. The molecule has 0 aliphatic carbocycles. The number of hydrogen-bond donors (Lipinski definition) is 2. The van der Waals surface area contributed by atoms with Crippen LogP contribution in [0.25, 0.3) is 33.3 Å². The van der Waals surface area contributed by atoms with Gasteiger partial charge in [0, 0.05) is 28.2 Å². The first kappa shape index (κ1) is 22.2. The highest BCUT2D eigenvalue weighted by Gasteiger charge is 2.19. The molecule has 32 heavy (non-hydrogen) atoms. The van der Waals surface area contributed by atoms with Crippen LogP contribution in [0.4, 0.5) is 5.69 Å². The number of ether oxygens (including phenoxy) is 1. The molecule has 0 aliphatic rings. The van der Waals surface area contributed by atoms with Gasteiger partial charge in [-0.25, -0.2) is 4.79 Å². The molecule has 2 aromatic carbocycles. The predicted molar refractivity (Wildman–Crippen MR) is 128 cm³/mol. The highest BCUT2D eigenvalue weighted by molar-refractivity contribution is 9.10. The molecule has 0 spiro atoms. The zero-order valence-corrected chi connectivity index (χ0v) is 19.4. The lowest BCUT2D eigenvalue weighted by molar-refractivity contribution is -0.115. The molecule has 0 saturated carbocycles. The minimum atomic E-state index is -0.377. The van der Waals surface area contributed by atoms with E-state index >= 15 is 0 Å². The van der Waals surface area contributed by atoms with Gasteiger partial charge in [-0.15, -0.1) is 0 Å². The van der Waals surface area contributed by atoms with Gasteiger partial charge in [-0.1, -0.05) is 35.0 Å². The third-order valence-corrected chi connectivity index (χ3v) is 5.54. The fourth-order valence-electron chi connectivity index (χ4n) is 3.53. The zero-order valence-electron chi connectivity index (χ0n) is 17.8. The molecule has 4 aromatic rings. The Morgan fingerprint density at radius 2 is 2.00 bits per heavy atom. The van der Waals surface area contributed by atoms with Crippen LogP contribution in [0.5, 0.6) is 0 Å². The van der Waals surface area contributed by atoms with Gasteiger partial charge in [0.15, 0.2) is 5.58 Å². The molecule has 2 aromatic heterocycles. The number of nitrogens with one attached hydrogen (secondary N) is 2. The van der Waals surface area contributed by atoms with Gasteiger partial charge in [0.1, 0.15) is 16.8 Å². The number of nitrogens with zero attached hydrogens (tertiary/aromatic N) is 2. The summed E-state index contributed by atoms with van der Waals surface area (Å²) in [7, 11) is 1.59. The van der Waals surface area contributed by atoms with E-state index in [9.17, 15) is 9.59 Å².